The Morgan fingerprint density at radius 1 is 1.09 bits per heavy atom. The average Bonchev–Trinajstić information content (AvgIpc) is 3.38. The highest BCUT2D eigenvalue weighted by Crippen LogP contribution is 2.37. The molecule has 0 aliphatic rings. The Labute approximate surface area is 186 Å². The molecule has 3 heterocycles. The lowest BCUT2D eigenvalue weighted by molar-refractivity contribution is 0.607. The van der Waals surface area contributed by atoms with Crippen LogP contribution in [-0.4, -0.2) is 29.5 Å². The van der Waals surface area contributed by atoms with Gasteiger partial charge in [0.1, 0.15) is 46.8 Å². The molecule has 10 heteroatoms. The Hall–Kier alpha value is -4.29. The smallest absolute Gasteiger partial charge is 0.148 e. The first-order valence-corrected chi connectivity index (χ1v) is 9.89. The second-order valence-electron chi connectivity index (χ2n) is 6.99. The Balaban J connectivity index is 1.66. The first-order chi connectivity index (χ1) is 15.6. The SMILES string of the molecule is N#Cc1c(-c2ccc(Cl)cc2)c2c(N)ncnc2n1Cc1cn(-c2ccccc2F)nn1. The summed E-state index contributed by atoms with van der Waals surface area (Å²) < 4.78 is 17.2. The molecule has 3 aromatic heterocycles. The van der Waals surface area contributed by atoms with E-state index in [-0.39, 0.29) is 18.1 Å². The van der Waals surface area contributed by atoms with E-state index in [2.05, 4.69) is 26.3 Å². The van der Waals surface area contributed by atoms with E-state index < -0.39 is 5.82 Å². The molecule has 32 heavy (non-hydrogen) atoms. The lowest BCUT2D eigenvalue weighted by atomic mass is 10.0. The van der Waals surface area contributed by atoms with Crippen molar-refractivity contribution in [3.05, 3.63) is 83.3 Å². The van der Waals surface area contributed by atoms with Gasteiger partial charge in [0.05, 0.1) is 18.1 Å². The quantitative estimate of drug-likeness (QED) is 0.449. The predicted octanol–water partition coefficient (Wildman–Crippen LogP) is 3.97. The third kappa shape index (κ3) is 3.23. The van der Waals surface area contributed by atoms with Crippen molar-refractivity contribution in [3.63, 3.8) is 0 Å². The van der Waals surface area contributed by atoms with Crippen LogP contribution in [0.25, 0.3) is 27.8 Å². The van der Waals surface area contributed by atoms with Crippen LogP contribution in [0.1, 0.15) is 11.4 Å². The maximum absolute atomic E-state index is 14.1. The molecular formula is C22H14ClFN8. The number of nitrogens with two attached hydrogens (primary N) is 1. The summed E-state index contributed by atoms with van der Waals surface area (Å²) in [7, 11) is 0. The summed E-state index contributed by atoms with van der Waals surface area (Å²) in [6, 6.07) is 15.6. The molecule has 0 bridgehead atoms. The second-order valence-corrected chi connectivity index (χ2v) is 7.43. The Morgan fingerprint density at radius 3 is 2.62 bits per heavy atom. The van der Waals surface area contributed by atoms with E-state index in [9.17, 15) is 9.65 Å². The normalized spacial score (nSPS) is 11.0. The Morgan fingerprint density at radius 2 is 1.88 bits per heavy atom. The first-order valence-electron chi connectivity index (χ1n) is 9.51. The van der Waals surface area contributed by atoms with Gasteiger partial charge in [-0.2, -0.15) is 5.26 Å². The van der Waals surface area contributed by atoms with Gasteiger partial charge < -0.3 is 10.3 Å². The van der Waals surface area contributed by atoms with Gasteiger partial charge in [0.25, 0.3) is 0 Å². The van der Waals surface area contributed by atoms with E-state index in [1.807, 2.05) is 12.1 Å². The van der Waals surface area contributed by atoms with Crippen LogP contribution in [0.4, 0.5) is 10.2 Å². The number of nitriles is 1. The molecule has 156 valence electrons. The molecule has 5 aromatic rings. The first kappa shape index (κ1) is 19.7. The molecule has 5 rings (SSSR count). The van der Waals surface area contributed by atoms with Gasteiger partial charge in [-0.15, -0.1) is 5.10 Å². The highest BCUT2D eigenvalue weighted by Gasteiger charge is 2.23. The molecule has 0 saturated carbocycles. The predicted molar refractivity (Wildman–Crippen MR) is 118 cm³/mol. The van der Waals surface area contributed by atoms with E-state index in [0.29, 0.717) is 33.0 Å². The molecule has 2 N–H and O–H groups in total. The summed E-state index contributed by atoms with van der Waals surface area (Å²) in [5.74, 6) is -0.163. The minimum atomic E-state index is -0.418. The number of nitrogens with zero attached hydrogens (tertiary/aromatic N) is 7. The van der Waals surface area contributed by atoms with E-state index in [0.717, 1.165) is 5.56 Å². The maximum atomic E-state index is 14.1. The number of rotatable bonds is 4. The Bertz CT molecular complexity index is 1500. The number of benzene rings is 2. The van der Waals surface area contributed by atoms with Crippen molar-refractivity contribution in [1.82, 2.24) is 29.5 Å². The number of para-hydroxylation sites is 1. The third-order valence-corrected chi connectivity index (χ3v) is 5.32. The minimum absolute atomic E-state index is 0.178. The zero-order valence-electron chi connectivity index (χ0n) is 16.4. The standard InChI is InChI=1S/C22H14ClFN8/c23-14-7-5-13(6-8-14)19-18(9-25)31(22-20(19)21(26)27-12-28-22)10-15-11-32(30-29-15)17-4-2-1-3-16(17)24/h1-8,11-12H,10H2,(H2,26,27,28). The summed E-state index contributed by atoms with van der Waals surface area (Å²) in [4.78, 5) is 8.47. The van der Waals surface area contributed by atoms with Gasteiger partial charge in [-0.3, -0.25) is 0 Å². The number of anilines is 1. The zero-order valence-corrected chi connectivity index (χ0v) is 17.2. The van der Waals surface area contributed by atoms with Crippen molar-refractivity contribution >= 4 is 28.5 Å². The van der Waals surface area contributed by atoms with E-state index in [1.54, 1.807) is 41.1 Å². The monoisotopic (exact) mass is 444 g/mol. The molecule has 0 amide bonds. The van der Waals surface area contributed by atoms with Crippen molar-refractivity contribution in [3.8, 4) is 22.9 Å². The van der Waals surface area contributed by atoms with E-state index in [1.165, 1.54) is 17.1 Å². The van der Waals surface area contributed by atoms with Crippen molar-refractivity contribution in [2.75, 3.05) is 5.73 Å². The molecular weight excluding hydrogens is 431 g/mol. The number of nitrogen functional groups attached to an aromatic ring is 1. The molecule has 0 aliphatic heterocycles. The van der Waals surface area contributed by atoms with Crippen molar-refractivity contribution in [1.29, 1.82) is 5.26 Å². The molecule has 0 unspecified atom stereocenters. The molecule has 2 aromatic carbocycles. The largest absolute Gasteiger partial charge is 0.383 e. The van der Waals surface area contributed by atoms with Gasteiger partial charge in [0, 0.05) is 10.6 Å². The van der Waals surface area contributed by atoms with Gasteiger partial charge in [-0.1, -0.05) is 41.1 Å². The van der Waals surface area contributed by atoms with Crippen LogP contribution in [0.2, 0.25) is 5.02 Å². The lowest BCUT2D eigenvalue weighted by Gasteiger charge is -2.04. The number of hydrogen-bond donors (Lipinski definition) is 1. The van der Waals surface area contributed by atoms with Crippen LogP contribution in [0.15, 0.2) is 61.1 Å². The summed E-state index contributed by atoms with van der Waals surface area (Å²) in [5, 5.41) is 19.3. The third-order valence-electron chi connectivity index (χ3n) is 5.07. The van der Waals surface area contributed by atoms with Crippen LogP contribution in [-0.2, 0) is 6.54 Å². The fourth-order valence-corrected chi connectivity index (χ4v) is 3.78. The highest BCUT2D eigenvalue weighted by molar-refractivity contribution is 6.30. The Kier molecular flexibility index (Phi) is 4.77. The van der Waals surface area contributed by atoms with Gasteiger partial charge in [0.15, 0.2) is 0 Å². The van der Waals surface area contributed by atoms with Gasteiger partial charge in [-0.25, -0.2) is 19.0 Å². The molecule has 0 aliphatic carbocycles. The van der Waals surface area contributed by atoms with Crippen LogP contribution in [0, 0.1) is 17.1 Å². The highest BCUT2D eigenvalue weighted by atomic mass is 35.5. The summed E-state index contributed by atoms with van der Waals surface area (Å²) in [6.07, 6.45) is 2.95. The van der Waals surface area contributed by atoms with Crippen LogP contribution < -0.4 is 5.73 Å². The molecule has 0 saturated heterocycles. The molecule has 0 fully saturated rings. The van der Waals surface area contributed by atoms with Crippen molar-refractivity contribution in [2.24, 2.45) is 0 Å². The molecule has 0 spiro atoms. The van der Waals surface area contributed by atoms with E-state index >= 15 is 0 Å². The fourth-order valence-electron chi connectivity index (χ4n) is 3.65. The molecule has 0 radical (unpaired) electrons. The van der Waals surface area contributed by atoms with Gasteiger partial charge in [0.2, 0.25) is 0 Å². The lowest BCUT2D eigenvalue weighted by Crippen LogP contribution is -2.04. The van der Waals surface area contributed by atoms with Crippen LogP contribution >= 0.6 is 11.6 Å². The number of aromatic nitrogens is 6. The maximum Gasteiger partial charge on any atom is 0.148 e. The number of fused-ring (bicyclic) bond motifs is 1. The minimum Gasteiger partial charge on any atom is -0.383 e. The van der Waals surface area contributed by atoms with Crippen LogP contribution in [0.3, 0.4) is 0 Å². The zero-order chi connectivity index (χ0) is 22.2. The topological polar surface area (TPSA) is 111 Å². The van der Waals surface area contributed by atoms with Crippen molar-refractivity contribution < 1.29 is 4.39 Å². The summed E-state index contributed by atoms with van der Waals surface area (Å²) in [5.41, 5.74) is 9.16. The van der Waals surface area contributed by atoms with Gasteiger partial charge >= 0.3 is 0 Å². The molecule has 0 atom stereocenters. The summed E-state index contributed by atoms with van der Waals surface area (Å²) >= 11 is 6.03. The second kappa shape index (κ2) is 7.76. The van der Waals surface area contributed by atoms with Gasteiger partial charge in [-0.05, 0) is 29.8 Å². The fraction of sp³-hybridized carbons (Fsp3) is 0.0455. The summed E-state index contributed by atoms with van der Waals surface area (Å²) in [6.45, 7) is 0.178. The molecule has 8 nitrogen and oxygen atoms in total. The van der Waals surface area contributed by atoms with Crippen LogP contribution in [0.5, 0.6) is 0 Å². The number of hydrogen-bond acceptors (Lipinski definition) is 6. The van der Waals surface area contributed by atoms with Crippen molar-refractivity contribution in [2.45, 2.75) is 6.54 Å². The van der Waals surface area contributed by atoms with E-state index in [4.69, 9.17) is 17.3 Å². The number of halogens is 2. The average molecular weight is 445 g/mol.